The molecule has 0 aliphatic heterocycles. The highest BCUT2D eigenvalue weighted by Crippen LogP contribution is 2.27. The summed E-state index contributed by atoms with van der Waals surface area (Å²) in [4.78, 5) is 9.63. The molecule has 0 radical (unpaired) electrons. The van der Waals surface area contributed by atoms with Gasteiger partial charge in [0.25, 0.3) is 0 Å². The van der Waals surface area contributed by atoms with Gasteiger partial charge in [-0.15, -0.1) is 11.6 Å². The second-order valence-corrected chi connectivity index (χ2v) is 3.47. The van der Waals surface area contributed by atoms with Gasteiger partial charge < -0.3 is 0 Å². The third-order valence-electron chi connectivity index (χ3n) is 1.43. The van der Waals surface area contributed by atoms with Crippen LogP contribution < -0.4 is 0 Å². The van der Waals surface area contributed by atoms with Gasteiger partial charge in [0.05, 0.1) is 10.8 Å². The molecular weight excluding hydrogens is 264 g/mol. The number of rotatable bonds is 2. The minimum absolute atomic E-state index is 0.0906. The highest BCUT2D eigenvalue weighted by atomic mass is 79.9. The molecule has 0 unspecified atom stereocenters. The lowest BCUT2D eigenvalue weighted by atomic mass is 10.2. The van der Waals surface area contributed by atoms with Crippen LogP contribution in [0.1, 0.15) is 5.56 Å². The van der Waals surface area contributed by atoms with Crippen LogP contribution in [0.4, 0.5) is 10.1 Å². The van der Waals surface area contributed by atoms with Gasteiger partial charge in [0, 0.05) is 10.0 Å². The van der Waals surface area contributed by atoms with Crippen molar-refractivity contribution in [2.24, 2.45) is 0 Å². The summed E-state index contributed by atoms with van der Waals surface area (Å²) in [7, 11) is 0. The van der Waals surface area contributed by atoms with Crippen LogP contribution in [0, 0.1) is 15.9 Å². The van der Waals surface area contributed by atoms with Gasteiger partial charge in [-0.25, -0.2) is 0 Å². The molecule has 70 valence electrons. The minimum Gasteiger partial charge on any atom is -0.258 e. The lowest BCUT2D eigenvalue weighted by molar-refractivity contribution is -0.388. The molecule has 1 aromatic rings. The van der Waals surface area contributed by atoms with Crippen LogP contribution in [-0.4, -0.2) is 4.92 Å². The predicted molar refractivity (Wildman–Crippen MR) is 50.3 cm³/mol. The first-order valence-corrected chi connectivity index (χ1v) is 4.57. The highest BCUT2D eigenvalue weighted by Gasteiger charge is 2.20. The van der Waals surface area contributed by atoms with E-state index in [1.165, 1.54) is 6.07 Å². The average Bonchev–Trinajstić information content (AvgIpc) is 2.01. The SMILES string of the molecule is O=[N+]([O-])c1c(F)cc(Br)cc1CCl. The van der Waals surface area contributed by atoms with Crippen molar-refractivity contribution < 1.29 is 9.31 Å². The van der Waals surface area contributed by atoms with E-state index in [1.807, 2.05) is 0 Å². The fourth-order valence-electron chi connectivity index (χ4n) is 0.926. The number of nitrogens with zero attached hydrogens (tertiary/aromatic N) is 1. The van der Waals surface area contributed by atoms with Crippen LogP contribution in [0.5, 0.6) is 0 Å². The molecule has 13 heavy (non-hydrogen) atoms. The molecule has 0 spiro atoms. The summed E-state index contributed by atoms with van der Waals surface area (Å²) in [5.41, 5.74) is -0.392. The van der Waals surface area contributed by atoms with Gasteiger partial charge in [-0.3, -0.25) is 10.1 Å². The Balaban J connectivity index is 3.38. The summed E-state index contributed by atoms with van der Waals surface area (Å²) in [5, 5.41) is 10.4. The van der Waals surface area contributed by atoms with E-state index in [9.17, 15) is 14.5 Å². The molecule has 0 saturated heterocycles. The summed E-state index contributed by atoms with van der Waals surface area (Å²) in [5.74, 6) is -0.970. The summed E-state index contributed by atoms with van der Waals surface area (Å²) in [6.07, 6.45) is 0. The van der Waals surface area contributed by atoms with Crippen LogP contribution in [0.15, 0.2) is 16.6 Å². The summed E-state index contributed by atoms with van der Waals surface area (Å²) < 4.78 is 13.5. The average molecular weight is 268 g/mol. The Hall–Kier alpha value is -0.680. The highest BCUT2D eigenvalue weighted by molar-refractivity contribution is 9.10. The third-order valence-corrected chi connectivity index (χ3v) is 2.18. The normalized spacial score (nSPS) is 10.1. The maximum atomic E-state index is 13.0. The summed E-state index contributed by atoms with van der Waals surface area (Å²) >= 11 is 8.44. The first kappa shape index (κ1) is 10.4. The predicted octanol–water partition coefficient (Wildman–Crippen LogP) is 3.24. The van der Waals surface area contributed by atoms with Crippen LogP contribution >= 0.6 is 27.5 Å². The first-order valence-electron chi connectivity index (χ1n) is 3.24. The lowest BCUT2D eigenvalue weighted by Crippen LogP contribution is -1.97. The van der Waals surface area contributed by atoms with Crippen LogP contribution in [0.2, 0.25) is 0 Å². The number of nitro benzene ring substituents is 1. The quantitative estimate of drug-likeness (QED) is 0.469. The maximum absolute atomic E-state index is 13.0. The van der Waals surface area contributed by atoms with Crippen molar-refractivity contribution in [3.8, 4) is 0 Å². The Morgan fingerprint density at radius 2 is 2.23 bits per heavy atom. The largest absolute Gasteiger partial charge is 0.309 e. The van der Waals surface area contributed by atoms with E-state index >= 15 is 0 Å². The van der Waals surface area contributed by atoms with E-state index in [4.69, 9.17) is 11.6 Å². The molecule has 0 N–H and O–H groups in total. The second-order valence-electron chi connectivity index (χ2n) is 2.29. The molecule has 0 bridgehead atoms. The van der Waals surface area contributed by atoms with E-state index in [-0.39, 0.29) is 11.4 Å². The molecule has 0 aliphatic rings. The Morgan fingerprint density at radius 1 is 1.62 bits per heavy atom. The first-order chi connectivity index (χ1) is 6.06. The second kappa shape index (κ2) is 4.02. The number of alkyl halides is 1. The van der Waals surface area contributed by atoms with Crippen molar-refractivity contribution in [1.29, 1.82) is 0 Å². The maximum Gasteiger partial charge on any atom is 0.309 e. The van der Waals surface area contributed by atoms with Gasteiger partial charge in [-0.05, 0) is 12.1 Å². The molecule has 0 heterocycles. The molecule has 0 aliphatic carbocycles. The number of hydrogen-bond donors (Lipinski definition) is 0. The fourth-order valence-corrected chi connectivity index (χ4v) is 1.61. The van der Waals surface area contributed by atoms with E-state index in [2.05, 4.69) is 15.9 Å². The topological polar surface area (TPSA) is 43.1 Å². The van der Waals surface area contributed by atoms with E-state index < -0.39 is 16.4 Å². The molecule has 6 heteroatoms. The zero-order chi connectivity index (χ0) is 10.0. The Bertz CT molecular complexity index is 359. The summed E-state index contributed by atoms with van der Waals surface area (Å²) in [6.45, 7) is 0. The smallest absolute Gasteiger partial charge is 0.258 e. The van der Waals surface area contributed by atoms with Crippen LogP contribution in [0.3, 0.4) is 0 Å². The zero-order valence-corrected chi connectivity index (χ0v) is 8.60. The van der Waals surface area contributed by atoms with Gasteiger partial charge >= 0.3 is 5.69 Å². The van der Waals surface area contributed by atoms with Gasteiger partial charge in [0.15, 0.2) is 0 Å². The van der Waals surface area contributed by atoms with Gasteiger partial charge in [0.1, 0.15) is 0 Å². The fraction of sp³-hybridized carbons (Fsp3) is 0.143. The molecular formula is C7H4BrClFNO2. The zero-order valence-electron chi connectivity index (χ0n) is 6.26. The number of halogens is 3. The minimum atomic E-state index is -0.880. The number of hydrogen-bond acceptors (Lipinski definition) is 2. The Morgan fingerprint density at radius 3 is 2.69 bits per heavy atom. The standard InChI is InChI=1S/C7H4BrClFNO2/c8-5-1-4(3-9)7(11(12)13)6(10)2-5/h1-2H,3H2. The Kier molecular flexibility index (Phi) is 3.22. The molecule has 0 aromatic heterocycles. The monoisotopic (exact) mass is 267 g/mol. The molecule has 0 fully saturated rings. The van der Waals surface area contributed by atoms with E-state index in [0.29, 0.717) is 4.47 Å². The van der Waals surface area contributed by atoms with Crippen molar-refractivity contribution >= 4 is 33.2 Å². The summed E-state index contributed by atoms with van der Waals surface area (Å²) in [6, 6.07) is 2.46. The van der Waals surface area contributed by atoms with Crippen molar-refractivity contribution in [1.82, 2.24) is 0 Å². The molecule has 1 aromatic carbocycles. The molecule has 1 rings (SSSR count). The van der Waals surface area contributed by atoms with Crippen molar-refractivity contribution in [2.75, 3.05) is 0 Å². The number of nitro groups is 1. The Labute approximate surface area is 86.8 Å². The van der Waals surface area contributed by atoms with Gasteiger partial charge in [-0.2, -0.15) is 4.39 Å². The van der Waals surface area contributed by atoms with Crippen molar-refractivity contribution in [3.63, 3.8) is 0 Å². The molecule has 0 saturated carbocycles. The third kappa shape index (κ3) is 2.16. The molecule has 0 atom stereocenters. The number of benzene rings is 1. The lowest BCUT2D eigenvalue weighted by Gasteiger charge is -2.00. The molecule has 3 nitrogen and oxygen atoms in total. The van der Waals surface area contributed by atoms with E-state index in [0.717, 1.165) is 6.07 Å². The van der Waals surface area contributed by atoms with Crippen molar-refractivity contribution in [3.05, 3.63) is 38.1 Å². The van der Waals surface area contributed by atoms with Gasteiger partial charge in [-0.1, -0.05) is 15.9 Å². The molecule has 0 amide bonds. The van der Waals surface area contributed by atoms with E-state index in [1.54, 1.807) is 0 Å². The van der Waals surface area contributed by atoms with Crippen molar-refractivity contribution in [2.45, 2.75) is 5.88 Å². The van der Waals surface area contributed by atoms with Gasteiger partial charge in [0.2, 0.25) is 5.82 Å². The van der Waals surface area contributed by atoms with Crippen LogP contribution in [0.25, 0.3) is 0 Å². The van der Waals surface area contributed by atoms with Crippen LogP contribution in [-0.2, 0) is 5.88 Å².